The van der Waals surface area contributed by atoms with Crippen LogP contribution in [-0.2, 0) is 9.53 Å². The number of fused-ring (bicyclic) bond motifs is 1. The highest BCUT2D eigenvalue weighted by molar-refractivity contribution is 6.21. The molecular formula is C23H20N2O5. The number of hydrogen-bond donors (Lipinski definition) is 0. The Hall–Kier alpha value is -3.92. The highest BCUT2D eigenvalue weighted by atomic mass is 16.5. The van der Waals surface area contributed by atoms with E-state index in [-0.39, 0.29) is 18.7 Å². The molecule has 0 N–H and O–H groups in total. The van der Waals surface area contributed by atoms with Gasteiger partial charge in [-0.3, -0.25) is 14.5 Å². The van der Waals surface area contributed by atoms with E-state index in [1.807, 2.05) is 13.0 Å². The molecule has 0 radical (unpaired) electrons. The number of ether oxygens (including phenoxy) is 2. The highest BCUT2D eigenvalue weighted by Gasteiger charge is 2.34. The predicted molar refractivity (Wildman–Crippen MR) is 109 cm³/mol. The van der Waals surface area contributed by atoms with Crippen molar-refractivity contribution in [1.29, 1.82) is 5.26 Å². The van der Waals surface area contributed by atoms with E-state index < -0.39 is 17.8 Å². The van der Waals surface area contributed by atoms with Gasteiger partial charge in [0.15, 0.2) is 0 Å². The summed E-state index contributed by atoms with van der Waals surface area (Å²) >= 11 is 0. The average molecular weight is 404 g/mol. The van der Waals surface area contributed by atoms with Crippen LogP contribution in [0.2, 0.25) is 0 Å². The topological polar surface area (TPSA) is 96.7 Å². The number of nitrogens with zero attached hydrogens (tertiary/aromatic N) is 2. The van der Waals surface area contributed by atoms with Crippen molar-refractivity contribution in [2.45, 2.75) is 13.3 Å². The second kappa shape index (κ2) is 9.52. The first-order valence-corrected chi connectivity index (χ1v) is 9.52. The van der Waals surface area contributed by atoms with E-state index in [1.165, 1.54) is 6.08 Å². The Bertz CT molecular complexity index is 999. The maximum atomic E-state index is 12.3. The van der Waals surface area contributed by atoms with Crippen LogP contribution < -0.4 is 4.74 Å². The molecule has 0 aliphatic carbocycles. The third kappa shape index (κ3) is 4.55. The molecule has 30 heavy (non-hydrogen) atoms. The lowest BCUT2D eigenvalue weighted by atomic mass is 10.1. The largest absolute Gasteiger partial charge is 0.494 e. The fourth-order valence-electron chi connectivity index (χ4n) is 2.93. The first kappa shape index (κ1) is 20.8. The maximum absolute atomic E-state index is 12.3. The summed E-state index contributed by atoms with van der Waals surface area (Å²) in [5.74, 6) is -0.961. The maximum Gasteiger partial charge on any atom is 0.348 e. The summed E-state index contributed by atoms with van der Waals surface area (Å²) in [7, 11) is 0. The van der Waals surface area contributed by atoms with Gasteiger partial charge >= 0.3 is 5.97 Å². The molecule has 2 aromatic carbocycles. The van der Waals surface area contributed by atoms with Gasteiger partial charge in [-0.1, -0.05) is 31.2 Å². The van der Waals surface area contributed by atoms with Crippen molar-refractivity contribution in [3.63, 3.8) is 0 Å². The van der Waals surface area contributed by atoms with Crippen molar-refractivity contribution in [2.75, 3.05) is 19.8 Å². The molecule has 1 aliphatic heterocycles. The number of amides is 2. The normalized spacial score (nSPS) is 13.1. The van der Waals surface area contributed by atoms with Gasteiger partial charge in [-0.15, -0.1) is 0 Å². The van der Waals surface area contributed by atoms with Crippen LogP contribution in [0.5, 0.6) is 5.75 Å². The summed E-state index contributed by atoms with van der Waals surface area (Å²) in [5, 5.41) is 9.28. The van der Waals surface area contributed by atoms with E-state index in [4.69, 9.17) is 9.47 Å². The van der Waals surface area contributed by atoms with Gasteiger partial charge < -0.3 is 9.47 Å². The van der Waals surface area contributed by atoms with Gasteiger partial charge in [0.1, 0.15) is 24.0 Å². The van der Waals surface area contributed by atoms with Gasteiger partial charge in [0, 0.05) is 0 Å². The zero-order chi connectivity index (χ0) is 21.5. The Balaban J connectivity index is 1.57. The van der Waals surface area contributed by atoms with E-state index >= 15 is 0 Å². The summed E-state index contributed by atoms with van der Waals surface area (Å²) in [4.78, 5) is 37.8. The molecule has 1 aliphatic rings. The minimum absolute atomic E-state index is 0.0831. The molecule has 0 bridgehead atoms. The third-order valence-corrected chi connectivity index (χ3v) is 4.43. The molecule has 0 fully saturated rings. The number of esters is 1. The second-order valence-electron chi connectivity index (χ2n) is 6.53. The van der Waals surface area contributed by atoms with Crippen molar-refractivity contribution < 1.29 is 23.9 Å². The SMILES string of the molecule is CCCOc1ccc(/C=C(\C#N)C(=O)OCCN2C(=O)c3ccccc3C2=O)cc1. The Morgan fingerprint density at radius 2 is 1.67 bits per heavy atom. The zero-order valence-electron chi connectivity index (χ0n) is 16.5. The Labute approximate surface area is 174 Å². The van der Waals surface area contributed by atoms with Crippen molar-refractivity contribution >= 4 is 23.9 Å². The van der Waals surface area contributed by atoms with Crippen LogP contribution in [0.15, 0.2) is 54.1 Å². The van der Waals surface area contributed by atoms with Crippen LogP contribution >= 0.6 is 0 Å². The number of nitriles is 1. The first-order chi connectivity index (χ1) is 14.5. The molecule has 0 unspecified atom stereocenters. The van der Waals surface area contributed by atoms with E-state index in [0.717, 1.165) is 11.3 Å². The lowest BCUT2D eigenvalue weighted by Gasteiger charge is -2.13. The number of benzene rings is 2. The highest BCUT2D eigenvalue weighted by Crippen LogP contribution is 2.22. The monoisotopic (exact) mass is 404 g/mol. The summed E-state index contributed by atoms with van der Waals surface area (Å²) in [6.07, 6.45) is 2.31. The quantitative estimate of drug-likeness (QED) is 0.290. The molecule has 7 nitrogen and oxygen atoms in total. The number of imide groups is 1. The van der Waals surface area contributed by atoms with Gasteiger partial charge in [-0.25, -0.2) is 4.79 Å². The van der Waals surface area contributed by atoms with Crippen LogP contribution in [0.1, 0.15) is 39.6 Å². The number of carbonyl (C=O) groups is 3. The average Bonchev–Trinajstić information content (AvgIpc) is 3.01. The third-order valence-electron chi connectivity index (χ3n) is 4.43. The molecule has 0 saturated carbocycles. The van der Waals surface area contributed by atoms with Crippen molar-refractivity contribution in [2.24, 2.45) is 0 Å². The Morgan fingerprint density at radius 3 is 2.23 bits per heavy atom. The molecule has 1 heterocycles. The molecule has 0 saturated heterocycles. The Kier molecular flexibility index (Phi) is 6.60. The lowest BCUT2D eigenvalue weighted by Crippen LogP contribution is -2.33. The van der Waals surface area contributed by atoms with Crippen LogP contribution in [0.4, 0.5) is 0 Å². The number of rotatable bonds is 8. The number of carbonyl (C=O) groups excluding carboxylic acids is 3. The number of hydrogen-bond acceptors (Lipinski definition) is 6. The Morgan fingerprint density at radius 1 is 1.03 bits per heavy atom. The van der Waals surface area contributed by atoms with Gasteiger partial charge in [0.05, 0.1) is 24.3 Å². The van der Waals surface area contributed by atoms with E-state index in [1.54, 1.807) is 48.5 Å². The molecule has 3 rings (SSSR count). The zero-order valence-corrected chi connectivity index (χ0v) is 16.5. The molecule has 2 amide bonds. The molecular weight excluding hydrogens is 384 g/mol. The summed E-state index contributed by atoms with van der Waals surface area (Å²) in [6, 6.07) is 15.3. The molecule has 7 heteroatoms. The lowest BCUT2D eigenvalue weighted by molar-refractivity contribution is -0.138. The molecule has 2 aromatic rings. The minimum atomic E-state index is -0.819. The van der Waals surface area contributed by atoms with Crippen LogP contribution in [0, 0.1) is 11.3 Å². The summed E-state index contributed by atoms with van der Waals surface area (Å²) in [6.45, 7) is 2.34. The van der Waals surface area contributed by atoms with Gasteiger partial charge in [-0.2, -0.15) is 5.26 Å². The second-order valence-corrected chi connectivity index (χ2v) is 6.53. The molecule has 0 aromatic heterocycles. The van der Waals surface area contributed by atoms with Gasteiger partial charge in [0.2, 0.25) is 0 Å². The van der Waals surface area contributed by atoms with Crippen LogP contribution in [0.3, 0.4) is 0 Å². The van der Waals surface area contributed by atoms with Crippen LogP contribution in [-0.4, -0.2) is 42.4 Å². The van der Waals surface area contributed by atoms with Crippen molar-refractivity contribution in [3.8, 4) is 11.8 Å². The van der Waals surface area contributed by atoms with Gasteiger partial charge in [-0.05, 0) is 42.3 Å². The molecule has 0 atom stereocenters. The van der Waals surface area contributed by atoms with E-state index in [0.29, 0.717) is 29.0 Å². The smallest absolute Gasteiger partial charge is 0.348 e. The summed E-state index contributed by atoms with van der Waals surface area (Å²) < 4.78 is 10.6. The van der Waals surface area contributed by atoms with Crippen molar-refractivity contribution in [1.82, 2.24) is 4.90 Å². The first-order valence-electron chi connectivity index (χ1n) is 9.52. The molecule has 0 spiro atoms. The van der Waals surface area contributed by atoms with E-state index in [9.17, 15) is 19.6 Å². The minimum Gasteiger partial charge on any atom is -0.494 e. The molecule has 152 valence electrons. The predicted octanol–water partition coefficient (Wildman–Crippen LogP) is 3.22. The van der Waals surface area contributed by atoms with Crippen molar-refractivity contribution in [3.05, 3.63) is 70.8 Å². The standard InChI is InChI=1S/C23H20N2O5/c1-2-12-29-18-9-7-16(8-10-18)14-17(15-24)23(28)30-13-11-25-21(26)19-5-3-4-6-20(19)22(25)27/h3-10,14H,2,11-13H2,1H3/b17-14+. The van der Waals surface area contributed by atoms with E-state index in [2.05, 4.69) is 0 Å². The summed E-state index contributed by atoms with van der Waals surface area (Å²) in [5.41, 5.74) is 1.13. The van der Waals surface area contributed by atoms with Crippen LogP contribution in [0.25, 0.3) is 6.08 Å². The fraction of sp³-hybridized carbons (Fsp3) is 0.217. The fourth-order valence-corrected chi connectivity index (χ4v) is 2.93. The van der Waals surface area contributed by atoms with Gasteiger partial charge in [0.25, 0.3) is 11.8 Å².